The number of nitrogens with one attached hydrogen (secondary N) is 1. The fourth-order valence-electron chi connectivity index (χ4n) is 3.19. The average molecular weight is 305 g/mol. The highest BCUT2D eigenvalue weighted by Crippen LogP contribution is 2.21. The first kappa shape index (κ1) is 17.9. The maximum absolute atomic E-state index is 11.6. The zero-order chi connectivity index (χ0) is 15.3. The number of sulfonamides is 1. The summed E-state index contributed by atoms with van der Waals surface area (Å²) in [6, 6.07) is 0. The summed E-state index contributed by atoms with van der Waals surface area (Å²) in [6.07, 6.45) is 3.43. The Kier molecular flexibility index (Phi) is 6.95. The van der Waals surface area contributed by atoms with Crippen molar-refractivity contribution in [2.24, 2.45) is 23.7 Å². The van der Waals surface area contributed by atoms with Crippen LogP contribution in [0.25, 0.3) is 0 Å². The van der Waals surface area contributed by atoms with Crippen molar-refractivity contribution in [1.82, 2.24) is 9.62 Å². The molecule has 0 bridgehead atoms. The Morgan fingerprint density at radius 2 is 1.80 bits per heavy atom. The van der Waals surface area contributed by atoms with Crippen LogP contribution in [0.15, 0.2) is 0 Å². The van der Waals surface area contributed by atoms with Gasteiger partial charge in [-0.15, -0.1) is 0 Å². The summed E-state index contributed by atoms with van der Waals surface area (Å²) < 4.78 is 24.8. The van der Waals surface area contributed by atoms with Gasteiger partial charge in [-0.1, -0.05) is 27.7 Å². The van der Waals surface area contributed by atoms with Crippen molar-refractivity contribution in [3.63, 3.8) is 0 Å². The number of nitrogens with zero attached hydrogens (tertiary/aromatic N) is 1. The van der Waals surface area contributed by atoms with Crippen molar-refractivity contribution in [3.05, 3.63) is 0 Å². The molecule has 1 atom stereocenters. The van der Waals surface area contributed by atoms with Crippen LogP contribution in [-0.2, 0) is 10.0 Å². The molecule has 120 valence electrons. The third kappa shape index (κ3) is 5.70. The molecular formula is C15H32N2O2S. The maximum atomic E-state index is 11.6. The van der Waals surface area contributed by atoms with E-state index in [1.807, 2.05) is 0 Å². The van der Waals surface area contributed by atoms with E-state index >= 15 is 0 Å². The molecule has 20 heavy (non-hydrogen) atoms. The SMILES string of the molecule is CC(C)C(CNCC1CCCN(S(C)(=O)=O)C1)C(C)C. The smallest absolute Gasteiger partial charge is 0.211 e. The number of rotatable bonds is 7. The first-order valence-electron chi connectivity index (χ1n) is 7.87. The quantitative estimate of drug-likeness (QED) is 0.784. The molecule has 1 N–H and O–H groups in total. The Labute approximate surface area is 125 Å². The van der Waals surface area contributed by atoms with E-state index in [4.69, 9.17) is 0 Å². The molecule has 5 heteroatoms. The molecular weight excluding hydrogens is 272 g/mol. The van der Waals surface area contributed by atoms with Gasteiger partial charge >= 0.3 is 0 Å². The lowest BCUT2D eigenvalue weighted by molar-refractivity contribution is 0.238. The van der Waals surface area contributed by atoms with Gasteiger partial charge in [-0.25, -0.2) is 12.7 Å². The van der Waals surface area contributed by atoms with E-state index in [2.05, 4.69) is 33.0 Å². The molecule has 0 aromatic heterocycles. The van der Waals surface area contributed by atoms with E-state index in [-0.39, 0.29) is 0 Å². The van der Waals surface area contributed by atoms with Crippen LogP contribution in [0.4, 0.5) is 0 Å². The second-order valence-corrected chi connectivity index (χ2v) is 8.92. The summed E-state index contributed by atoms with van der Waals surface area (Å²) >= 11 is 0. The lowest BCUT2D eigenvalue weighted by Gasteiger charge is -2.32. The van der Waals surface area contributed by atoms with Gasteiger partial charge in [0.15, 0.2) is 0 Å². The Morgan fingerprint density at radius 3 is 2.30 bits per heavy atom. The Morgan fingerprint density at radius 1 is 1.20 bits per heavy atom. The zero-order valence-electron chi connectivity index (χ0n) is 13.7. The molecule has 1 rings (SSSR count). The molecule has 0 aliphatic carbocycles. The zero-order valence-corrected chi connectivity index (χ0v) is 14.5. The number of hydrogen-bond acceptors (Lipinski definition) is 3. The van der Waals surface area contributed by atoms with Crippen molar-refractivity contribution in [3.8, 4) is 0 Å². The summed E-state index contributed by atoms with van der Waals surface area (Å²) in [6.45, 7) is 12.4. The lowest BCUT2D eigenvalue weighted by atomic mass is 9.85. The number of hydrogen-bond donors (Lipinski definition) is 1. The molecule has 1 unspecified atom stereocenters. The van der Waals surface area contributed by atoms with E-state index in [1.54, 1.807) is 4.31 Å². The molecule has 0 aromatic carbocycles. The molecule has 0 saturated carbocycles. The average Bonchev–Trinajstić information content (AvgIpc) is 2.33. The van der Waals surface area contributed by atoms with E-state index in [0.29, 0.717) is 36.8 Å². The highest BCUT2D eigenvalue weighted by Gasteiger charge is 2.26. The molecule has 0 aromatic rings. The highest BCUT2D eigenvalue weighted by atomic mass is 32.2. The Hall–Kier alpha value is -0.130. The summed E-state index contributed by atoms with van der Waals surface area (Å²) in [7, 11) is -3.02. The molecule has 1 heterocycles. The third-order valence-corrected chi connectivity index (χ3v) is 5.75. The largest absolute Gasteiger partial charge is 0.316 e. The first-order valence-corrected chi connectivity index (χ1v) is 9.72. The molecule has 1 aliphatic rings. The van der Waals surface area contributed by atoms with Gasteiger partial charge in [0.05, 0.1) is 6.26 Å². The monoisotopic (exact) mass is 304 g/mol. The fourth-order valence-corrected chi connectivity index (χ4v) is 4.13. The predicted molar refractivity (Wildman–Crippen MR) is 85.2 cm³/mol. The van der Waals surface area contributed by atoms with Gasteiger partial charge in [-0.2, -0.15) is 0 Å². The summed E-state index contributed by atoms with van der Waals surface area (Å²) in [5.74, 6) is 2.51. The van der Waals surface area contributed by atoms with E-state index in [1.165, 1.54) is 6.26 Å². The second kappa shape index (κ2) is 7.76. The topological polar surface area (TPSA) is 49.4 Å². The van der Waals surface area contributed by atoms with Crippen molar-refractivity contribution in [2.45, 2.75) is 40.5 Å². The summed E-state index contributed by atoms with van der Waals surface area (Å²) in [5, 5.41) is 3.57. The van der Waals surface area contributed by atoms with E-state index in [0.717, 1.165) is 25.9 Å². The second-order valence-electron chi connectivity index (χ2n) is 6.94. The van der Waals surface area contributed by atoms with Crippen molar-refractivity contribution >= 4 is 10.0 Å². The number of piperidine rings is 1. The van der Waals surface area contributed by atoms with Crippen LogP contribution in [0, 0.1) is 23.7 Å². The molecule has 0 spiro atoms. The predicted octanol–water partition coefficient (Wildman–Crippen LogP) is 2.18. The van der Waals surface area contributed by atoms with Crippen molar-refractivity contribution in [1.29, 1.82) is 0 Å². The van der Waals surface area contributed by atoms with Crippen molar-refractivity contribution < 1.29 is 8.42 Å². The van der Waals surface area contributed by atoms with E-state index < -0.39 is 10.0 Å². The minimum absolute atomic E-state index is 0.457. The molecule has 1 aliphatic heterocycles. The highest BCUT2D eigenvalue weighted by molar-refractivity contribution is 7.88. The maximum Gasteiger partial charge on any atom is 0.211 e. The van der Waals surface area contributed by atoms with Crippen LogP contribution in [0.3, 0.4) is 0 Å². The standard InChI is InChI=1S/C15H32N2O2S/c1-12(2)15(13(3)4)10-16-9-14-7-6-8-17(11-14)20(5,18)19/h12-16H,6-11H2,1-5H3. The van der Waals surface area contributed by atoms with Gasteiger partial charge < -0.3 is 5.32 Å². The first-order chi connectivity index (χ1) is 9.21. The van der Waals surface area contributed by atoms with Crippen LogP contribution in [0.2, 0.25) is 0 Å². The van der Waals surface area contributed by atoms with Crippen LogP contribution < -0.4 is 5.32 Å². The normalized spacial score (nSPS) is 22.1. The summed E-state index contributed by atoms with van der Waals surface area (Å²) in [5.41, 5.74) is 0. The van der Waals surface area contributed by atoms with Gasteiger partial charge in [-0.3, -0.25) is 0 Å². The van der Waals surface area contributed by atoms with Crippen molar-refractivity contribution in [2.75, 3.05) is 32.4 Å². The third-order valence-electron chi connectivity index (χ3n) is 4.48. The van der Waals surface area contributed by atoms with Crippen LogP contribution in [0.1, 0.15) is 40.5 Å². The molecule has 1 saturated heterocycles. The molecule has 1 fully saturated rings. The minimum Gasteiger partial charge on any atom is -0.316 e. The fraction of sp³-hybridized carbons (Fsp3) is 1.00. The van der Waals surface area contributed by atoms with Gasteiger partial charge in [0, 0.05) is 13.1 Å². The summed E-state index contributed by atoms with van der Waals surface area (Å²) in [4.78, 5) is 0. The molecule has 4 nitrogen and oxygen atoms in total. The van der Waals surface area contributed by atoms with Gasteiger partial charge in [-0.05, 0) is 49.6 Å². The van der Waals surface area contributed by atoms with E-state index in [9.17, 15) is 8.42 Å². The Bertz CT molecular complexity index is 371. The lowest BCUT2D eigenvalue weighted by Crippen LogP contribution is -2.43. The molecule has 0 radical (unpaired) electrons. The Balaban J connectivity index is 2.38. The van der Waals surface area contributed by atoms with Gasteiger partial charge in [0.1, 0.15) is 0 Å². The van der Waals surface area contributed by atoms with Crippen LogP contribution in [-0.4, -0.2) is 45.2 Å². The van der Waals surface area contributed by atoms with Crippen LogP contribution in [0.5, 0.6) is 0 Å². The van der Waals surface area contributed by atoms with Gasteiger partial charge in [0.2, 0.25) is 10.0 Å². The minimum atomic E-state index is -3.02. The van der Waals surface area contributed by atoms with Gasteiger partial charge in [0.25, 0.3) is 0 Å². The molecule has 0 amide bonds. The van der Waals surface area contributed by atoms with Crippen LogP contribution >= 0.6 is 0 Å².